The number of aromatic nitrogens is 4. The van der Waals surface area contributed by atoms with Crippen molar-refractivity contribution in [3.63, 3.8) is 0 Å². The molecule has 0 aliphatic heterocycles. The van der Waals surface area contributed by atoms with Crippen LogP contribution in [0.1, 0.15) is 5.56 Å². The van der Waals surface area contributed by atoms with Gasteiger partial charge in [0.25, 0.3) is 0 Å². The van der Waals surface area contributed by atoms with E-state index < -0.39 is 0 Å². The summed E-state index contributed by atoms with van der Waals surface area (Å²) >= 11 is 0. The van der Waals surface area contributed by atoms with Crippen molar-refractivity contribution in [1.82, 2.24) is 19.1 Å². The van der Waals surface area contributed by atoms with Crippen LogP contribution in [0.4, 0.5) is 5.69 Å². The average Bonchev–Trinajstić information content (AvgIpc) is 3.97. The average molecular weight is 917 g/mol. The van der Waals surface area contributed by atoms with Gasteiger partial charge in [-0.15, -0.1) is 0 Å². The summed E-state index contributed by atoms with van der Waals surface area (Å²) in [5.74, 6) is 0.638. The van der Waals surface area contributed by atoms with Crippen molar-refractivity contribution in [2.75, 3.05) is 0 Å². The summed E-state index contributed by atoms with van der Waals surface area (Å²) in [5.41, 5.74) is 18.0. The second-order valence-electron chi connectivity index (χ2n) is 17.9. The van der Waals surface area contributed by atoms with Crippen molar-refractivity contribution in [2.45, 2.75) is 0 Å². The van der Waals surface area contributed by atoms with E-state index in [1.54, 1.807) is 0 Å². The summed E-state index contributed by atoms with van der Waals surface area (Å²) in [5, 5.41) is 14.4. The first-order chi connectivity index (χ1) is 35.6. The molecule has 0 saturated heterocycles. The highest BCUT2D eigenvalue weighted by molar-refractivity contribution is 6.13. The fourth-order valence-electron chi connectivity index (χ4n) is 10.5. The molecule has 72 heavy (non-hydrogen) atoms. The van der Waals surface area contributed by atoms with Crippen LogP contribution in [-0.4, -0.2) is 19.1 Å². The SMILES string of the molecule is [C-]#[N+]c1cccc(-c2ccc3c(c2)c2cc(-c4cccc(C#N)c4)ccc2n3-c2cccc(-c3cc(-c4ccccc4)nc(-c4ccccc4)n3)c2-c2ccccc2-n2c3ccccc3c3ccccc32)c1. The highest BCUT2D eigenvalue weighted by Gasteiger charge is 2.25. The fourth-order valence-corrected chi connectivity index (χ4v) is 10.5. The minimum atomic E-state index is 0.591. The van der Waals surface area contributed by atoms with Crippen LogP contribution < -0.4 is 0 Å². The van der Waals surface area contributed by atoms with Gasteiger partial charge in [-0.3, -0.25) is 0 Å². The first-order valence-corrected chi connectivity index (χ1v) is 23.9. The molecular weight excluding hydrogens is 877 g/mol. The molecular formula is C66H40N6. The van der Waals surface area contributed by atoms with Crippen LogP contribution in [0.15, 0.2) is 243 Å². The largest absolute Gasteiger partial charge is 0.309 e. The molecule has 0 amide bonds. The lowest BCUT2D eigenvalue weighted by Crippen LogP contribution is -2.04. The number of hydrogen-bond donors (Lipinski definition) is 0. The van der Waals surface area contributed by atoms with Crippen molar-refractivity contribution in [3.05, 3.63) is 260 Å². The first kappa shape index (κ1) is 42.0. The first-order valence-electron chi connectivity index (χ1n) is 23.9. The molecule has 334 valence electrons. The van der Waals surface area contributed by atoms with Crippen LogP contribution in [0.25, 0.3) is 127 Å². The van der Waals surface area contributed by atoms with Gasteiger partial charge in [-0.2, -0.15) is 5.26 Å². The molecule has 0 N–H and O–H groups in total. The molecule has 0 saturated carbocycles. The van der Waals surface area contributed by atoms with Crippen LogP contribution in [0.5, 0.6) is 0 Å². The van der Waals surface area contributed by atoms with Gasteiger partial charge in [-0.25, -0.2) is 14.8 Å². The minimum Gasteiger partial charge on any atom is -0.309 e. The zero-order valence-corrected chi connectivity index (χ0v) is 38.8. The van der Waals surface area contributed by atoms with Gasteiger partial charge in [0.2, 0.25) is 0 Å². The highest BCUT2D eigenvalue weighted by Crippen LogP contribution is 2.46. The van der Waals surface area contributed by atoms with Crippen molar-refractivity contribution in [1.29, 1.82) is 5.26 Å². The zero-order valence-electron chi connectivity index (χ0n) is 38.8. The second kappa shape index (κ2) is 17.4. The lowest BCUT2D eigenvalue weighted by Gasteiger charge is -2.22. The van der Waals surface area contributed by atoms with E-state index >= 15 is 0 Å². The molecule has 0 radical (unpaired) electrons. The Hall–Kier alpha value is -10.1. The molecule has 3 aromatic heterocycles. The molecule has 6 nitrogen and oxygen atoms in total. The summed E-state index contributed by atoms with van der Waals surface area (Å²) < 4.78 is 4.81. The third kappa shape index (κ3) is 7.10. The summed E-state index contributed by atoms with van der Waals surface area (Å²) in [6.45, 7) is 7.79. The monoisotopic (exact) mass is 916 g/mol. The molecule has 0 fully saturated rings. The smallest absolute Gasteiger partial charge is 0.187 e. The number of para-hydroxylation sites is 3. The Morgan fingerprint density at radius 2 is 0.875 bits per heavy atom. The maximum atomic E-state index is 9.90. The molecule has 0 aliphatic carbocycles. The quantitative estimate of drug-likeness (QED) is 0.143. The van der Waals surface area contributed by atoms with Crippen molar-refractivity contribution in [3.8, 4) is 84.7 Å². The van der Waals surface area contributed by atoms with E-state index in [4.69, 9.17) is 16.5 Å². The Kier molecular flexibility index (Phi) is 10.2. The molecule has 0 atom stereocenters. The topological polar surface area (TPSA) is 63.8 Å². The minimum absolute atomic E-state index is 0.591. The standard InChI is InChI=1S/C66H40N6/c1-68-50-24-15-23-47(38-50)49-34-36-63-56(40-49)55-39-48(46-22-14-17-43(37-46)42-67)33-35-62(55)72(63)64-32-16-28-53(58-41-57(44-18-4-2-5-19-44)69-66(70-58)45-20-6-3-7-21-45)65(64)54-27-10-13-31-61(54)71-59-29-11-8-25-51(59)52-26-9-12-30-60(52)71/h2-41H. The van der Waals surface area contributed by atoms with Gasteiger partial charge in [-0.05, 0) is 95.1 Å². The van der Waals surface area contributed by atoms with Crippen LogP contribution >= 0.6 is 0 Å². The molecule has 13 rings (SSSR count). The van der Waals surface area contributed by atoms with E-state index in [0.29, 0.717) is 17.1 Å². The van der Waals surface area contributed by atoms with E-state index in [9.17, 15) is 5.26 Å². The van der Waals surface area contributed by atoms with Gasteiger partial charge in [0.05, 0.1) is 63.0 Å². The Morgan fingerprint density at radius 3 is 1.56 bits per heavy atom. The molecule has 6 heteroatoms. The number of nitrogens with zero attached hydrogens (tertiary/aromatic N) is 6. The van der Waals surface area contributed by atoms with E-state index in [1.165, 1.54) is 10.8 Å². The fraction of sp³-hybridized carbons (Fsp3) is 0. The van der Waals surface area contributed by atoms with Gasteiger partial charge in [-0.1, -0.05) is 170 Å². The Labute approximate surface area is 416 Å². The van der Waals surface area contributed by atoms with Crippen LogP contribution in [0, 0.1) is 17.9 Å². The number of nitriles is 1. The second-order valence-corrected chi connectivity index (χ2v) is 17.9. The summed E-state index contributed by atoms with van der Waals surface area (Å²) in [6.07, 6.45) is 0. The van der Waals surface area contributed by atoms with Gasteiger partial charge in [0.1, 0.15) is 0 Å². The lowest BCUT2D eigenvalue weighted by molar-refractivity contribution is 1.15. The molecule has 0 bridgehead atoms. The molecule has 0 unspecified atom stereocenters. The van der Waals surface area contributed by atoms with Gasteiger partial charge >= 0.3 is 0 Å². The van der Waals surface area contributed by atoms with E-state index in [0.717, 1.165) is 106 Å². The number of rotatable bonds is 8. The summed E-state index contributed by atoms with van der Waals surface area (Å²) in [4.78, 5) is 14.4. The van der Waals surface area contributed by atoms with Crippen molar-refractivity contribution in [2.24, 2.45) is 0 Å². The molecule has 0 aliphatic rings. The number of hydrogen-bond acceptors (Lipinski definition) is 3. The molecule has 13 aromatic rings. The zero-order chi connectivity index (χ0) is 48.1. The van der Waals surface area contributed by atoms with E-state index in [1.807, 2.05) is 72.8 Å². The van der Waals surface area contributed by atoms with Gasteiger partial charge < -0.3 is 9.13 Å². The third-order valence-corrected chi connectivity index (χ3v) is 13.8. The summed E-state index contributed by atoms with van der Waals surface area (Å²) in [7, 11) is 0. The Morgan fingerprint density at radius 1 is 0.375 bits per heavy atom. The van der Waals surface area contributed by atoms with Crippen LogP contribution in [0.2, 0.25) is 0 Å². The summed E-state index contributed by atoms with van der Waals surface area (Å²) in [6, 6.07) is 86.5. The van der Waals surface area contributed by atoms with E-state index in [-0.39, 0.29) is 0 Å². The molecule has 10 aromatic carbocycles. The maximum Gasteiger partial charge on any atom is 0.187 e. The Bertz CT molecular complexity index is 4130. The molecule has 3 heterocycles. The van der Waals surface area contributed by atoms with E-state index in [2.05, 4.69) is 190 Å². The van der Waals surface area contributed by atoms with Gasteiger partial charge in [0, 0.05) is 49.4 Å². The predicted octanol–water partition coefficient (Wildman–Crippen LogP) is 17.1. The van der Waals surface area contributed by atoms with Crippen molar-refractivity contribution < 1.29 is 0 Å². The lowest BCUT2D eigenvalue weighted by atomic mass is 9.93. The molecule has 0 spiro atoms. The third-order valence-electron chi connectivity index (χ3n) is 13.8. The van der Waals surface area contributed by atoms with Crippen molar-refractivity contribution >= 4 is 49.3 Å². The Balaban J connectivity index is 1.15. The van der Waals surface area contributed by atoms with Crippen LogP contribution in [0.3, 0.4) is 0 Å². The number of benzene rings is 10. The van der Waals surface area contributed by atoms with Crippen LogP contribution in [-0.2, 0) is 0 Å². The normalized spacial score (nSPS) is 11.3. The predicted molar refractivity (Wildman–Crippen MR) is 294 cm³/mol. The highest BCUT2D eigenvalue weighted by atomic mass is 15.0. The maximum absolute atomic E-state index is 9.90. The number of fused-ring (bicyclic) bond motifs is 6. The van der Waals surface area contributed by atoms with Gasteiger partial charge in [0.15, 0.2) is 11.5 Å².